The van der Waals surface area contributed by atoms with Gasteiger partial charge in [0.1, 0.15) is 5.03 Å². The molecule has 0 aliphatic heterocycles. The van der Waals surface area contributed by atoms with Crippen LogP contribution in [-0.2, 0) is 0 Å². The molecule has 0 amide bonds. The molecule has 0 saturated carbocycles. The fraction of sp³-hybridized carbons (Fsp3) is 0.312. The molecule has 112 valence electrons. The maximum Gasteiger partial charge on any atom is 0.101 e. The quantitative estimate of drug-likeness (QED) is 0.689. The molecule has 0 aliphatic rings. The highest BCUT2D eigenvalue weighted by Gasteiger charge is 2.09. The van der Waals surface area contributed by atoms with Gasteiger partial charge in [0.2, 0.25) is 0 Å². The highest BCUT2D eigenvalue weighted by molar-refractivity contribution is 9.10. The van der Waals surface area contributed by atoms with E-state index in [2.05, 4.69) is 58.3 Å². The molecule has 1 aromatic carbocycles. The summed E-state index contributed by atoms with van der Waals surface area (Å²) >= 11 is 11.1. The molecule has 5 heteroatoms. The Morgan fingerprint density at radius 2 is 2.14 bits per heavy atom. The van der Waals surface area contributed by atoms with Crippen LogP contribution >= 0.6 is 39.3 Å². The normalized spacial score (nSPS) is 12.4. The van der Waals surface area contributed by atoms with Crippen LogP contribution < -0.4 is 5.32 Å². The van der Waals surface area contributed by atoms with Crippen LogP contribution in [-0.4, -0.2) is 11.5 Å². The molecule has 21 heavy (non-hydrogen) atoms. The van der Waals surface area contributed by atoms with Crippen molar-refractivity contribution in [2.75, 3.05) is 6.54 Å². The van der Waals surface area contributed by atoms with Crippen LogP contribution in [0, 0.1) is 0 Å². The van der Waals surface area contributed by atoms with Crippen molar-refractivity contribution in [1.29, 1.82) is 0 Å². The zero-order chi connectivity index (χ0) is 15.2. The van der Waals surface area contributed by atoms with Crippen LogP contribution in [0.4, 0.5) is 0 Å². The van der Waals surface area contributed by atoms with Gasteiger partial charge in [-0.15, -0.1) is 0 Å². The summed E-state index contributed by atoms with van der Waals surface area (Å²) in [6, 6.07) is 10.6. The Kier molecular flexibility index (Phi) is 6.55. The standard InChI is InChI=1S/C16H18BrClN2S/c1-3-8-19-11(2)12-4-6-15(14(17)9-12)21-16-7-5-13(18)10-20-16/h4-7,9-11,19H,3,8H2,1-2H3. The molecule has 1 aromatic heterocycles. The number of nitrogens with one attached hydrogen (secondary N) is 1. The second kappa shape index (κ2) is 8.18. The zero-order valence-electron chi connectivity index (χ0n) is 12.1. The van der Waals surface area contributed by atoms with Gasteiger partial charge in [0, 0.05) is 21.6 Å². The van der Waals surface area contributed by atoms with Gasteiger partial charge in [-0.25, -0.2) is 4.98 Å². The minimum absolute atomic E-state index is 0.356. The highest BCUT2D eigenvalue weighted by Crippen LogP contribution is 2.34. The number of hydrogen-bond donors (Lipinski definition) is 1. The molecule has 2 nitrogen and oxygen atoms in total. The molecule has 2 rings (SSSR count). The lowest BCUT2D eigenvalue weighted by Gasteiger charge is -2.15. The first-order valence-electron chi connectivity index (χ1n) is 6.92. The van der Waals surface area contributed by atoms with Crippen LogP contribution in [0.1, 0.15) is 31.9 Å². The van der Waals surface area contributed by atoms with Crippen LogP contribution in [0.5, 0.6) is 0 Å². The molecule has 1 heterocycles. The summed E-state index contributed by atoms with van der Waals surface area (Å²) in [5.41, 5.74) is 1.28. The van der Waals surface area contributed by atoms with Crippen LogP contribution in [0.15, 0.2) is 50.9 Å². The minimum Gasteiger partial charge on any atom is -0.310 e. The SMILES string of the molecule is CCCNC(C)c1ccc(Sc2ccc(Cl)cn2)c(Br)c1. The van der Waals surface area contributed by atoms with E-state index in [0.29, 0.717) is 11.1 Å². The van der Waals surface area contributed by atoms with E-state index in [-0.39, 0.29) is 0 Å². The van der Waals surface area contributed by atoms with Crippen molar-refractivity contribution in [3.05, 3.63) is 51.6 Å². The molecular formula is C16H18BrClN2S. The smallest absolute Gasteiger partial charge is 0.101 e. The molecule has 0 saturated heterocycles. The van der Waals surface area contributed by atoms with Gasteiger partial charge in [-0.3, -0.25) is 0 Å². The predicted octanol–water partition coefficient (Wildman–Crippen LogP) is 5.71. The number of rotatable bonds is 6. The summed E-state index contributed by atoms with van der Waals surface area (Å²) in [5.74, 6) is 0. The van der Waals surface area contributed by atoms with Crippen molar-refractivity contribution in [2.45, 2.75) is 36.2 Å². The first kappa shape index (κ1) is 16.8. The van der Waals surface area contributed by atoms with Crippen molar-refractivity contribution in [1.82, 2.24) is 10.3 Å². The van der Waals surface area contributed by atoms with Gasteiger partial charge in [0.15, 0.2) is 0 Å². The van der Waals surface area contributed by atoms with Gasteiger partial charge in [0.25, 0.3) is 0 Å². The van der Waals surface area contributed by atoms with Crippen molar-refractivity contribution in [3.8, 4) is 0 Å². The Balaban J connectivity index is 2.10. The third kappa shape index (κ3) is 4.99. The van der Waals surface area contributed by atoms with E-state index in [1.54, 1.807) is 18.0 Å². The van der Waals surface area contributed by atoms with Crippen molar-refractivity contribution < 1.29 is 0 Å². The van der Waals surface area contributed by atoms with E-state index in [0.717, 1.165) is 27.4 Å². The average Bonchev–Trinajstić information content (AvgIpc) is 2.49. The predicted molar refractivity (Wildman–Crippen MR) is 94.2 cm³/mol. The number of pyridine rings is 1. The minimum atomic E-state index is 0.356. The largest absolute Gasteiger partial charge is 0.310 e. The van der Waals surface area contributed by atoms with Crippen LogP contribution in [0.3, 0.4) is 0 Å². The summed E-state index contributed by atoms with van der Waals surface area (Å²) < 4.78 is 1.09. The fourth-order valence-electron chi connectivity index (χ4n) is 1.88. The lowest BCUT2D eigenvalue weighted by Crippen LogP contribution is -2.19. The van der Waals surface area contributed by atoms with E-state index >= 15 is 0 Å². The van der Waals surface area contributed by atoms with Gasteiger partial charge in [-0.05, 0) is 65.6 Å². The molecule has 0 fully saturated rings. The first-order valence-corrected chi connectivity index (χ1v) is 8.91. The third-order valence-electron chi connectivity index (χ3n) is 3.07. The Morgan fingerprint density at radius 1 is 1.33 bits per heavy atom. The maximum atomic E-state index is 5.86. The van der Waals surface area contributed by atoms with E-state index in [9.17, 15) is 0 Å². The summed E-state index contributed by atoms with van der Waals surface area (Å²) in [5, 5.41) is 5.09. The molecule has 2 aromatic rings. The lowest BCUT2D eigenvalue weighted by atomic mass is 10.1. The summed E-state index contributed by atoms with van der Waals surface area (Å²) in [4.78, 5) is 5.46. The second-order valence-electron chi connectivity index (χ2n) is 4.78. The zero-order valence-corrected chi connectivity index (χ0v) is 15.2. The number of hydrogen-bond acceptors (Lipinski definition) is 3. The van der Waals surface area contributed by atoms with Gasteiger partial charge in [-0.2, -0.15) is 0 Å². The van der Waals surface area contributed by atoms with Crippen molar-refractivity contribution >= 4 is 39.3 Å². The van der Waals surface area contributed by atoms with E-state index in [4.69, 9.17) is 11.6 Å². The number of nitrogens with zero attached hydrogens (tertiary/aromatic N) is 1. The Hall–Kier alpha value is -0.550. The first-order chi connectivity index (χ1) is 10.1. The molecule has 0 radical (unpaired) electrons. The fourth-order valence-corrected chi connectivity index (χ4v) is 3.39. The lowest BCUT2D eigenvalue weighted by molar-refractivity contribution is 0.570. The van der Waals surface area contributed by atoms with Gasteiger partial charge < -0.3 is 5.32 Å². The Labute approximate surface area is 143 Å². The topological polar surface area (TPSA) is 24.9 Å². The third-order valence-corrected chi connectivity index (χ3v) is 5.24. The summed E-state index contributed by atoms with van der Waals surface area (Å²) in [6.45, 7) is 5.39. The number of aromatic nitrogens is 1. The average molecular weight is 386 g/mol. The Bertz CT molecular complexity index is 589. The molecular weight excluding hydrogens is 368 g/mol. The molecule has 1 unspecified atom stereocenters. The van der Waals surface area contributed by atoms with E-state index < -0.39 is 0 Å². The molecule has 1 N–H and O–H groups in total. The number of halogens is 2. The van der Waals surface area contributed by atoms with E-state index in [1.165, 1.54) is 5.56 Å². The van der Waals surface area contributed by atoms with Gasteiger partial charge in [0.05, 0.1) is 5.02 Å². The van der Waals surface area contributed by atoms with Crippen LogP contribution in [0.2, 0.25) is 5.02 Å². The monoisotopic (exact) mass is 384 g/mol. The molecule has 0 spiro atoms. The van der Waals surface area contributed by atoms with E-state index in [1.807, 2.05) is 12.1 Å². The Morgan fingerprint density at radius 3 is 2.76 bits per heavy atom. The highest BCUT2D eigenvalue weighted by atomic mass is 79.9. The molecule has 0 bridgehead atoms. The van der Waals surface area contributed by atoms with Gasteiger partial charge in [-0.1, -0.05) is 36.4 Å². The van der Waals surface area contributed by atoms with Crippen LogP contribution in [0.25, 0.3) is 0 Å². The molecule has 1 atom stereocenters. The second-order valence-corrected chi connectivity index (χ2v) is 7.14. The van der Waals surface area contributed by atoms with Crippen molar-refractivity contribution in [2.24, 2.45) is 0 Å². The summed E-state index contributed by atoms with van der Waals surface area (Å²) in [7, 11) is 0. The maximum absolute atomic E-state index is 5.86. The van der Waals surface area contributed by atoms with Crippen molar-refractivity contribution in [3.63, 3.8) is 0 Å². The summed E-state index contributed by atoms with van der Waals surface area (Å²) in [6.07, 6.45) is 2.81. The van der Waals surface area contributed by atoms with Gasteiger partial charge >= 0.3 is 0 Å². The molecule has 0 aliphatic carbocycles. The number of benzene rings is 1.